The summed E-state index contributed by atoms with van der Waals surface area (Å²) in [4.78, 5) is 0. The highest BCUT2D eigenvalue weighted by molar-refractivity contribution is 6.98. The summed E-state index contributed by atoms with van der Waals surface area (Å²) in [6.45, 7) is 13.6. The Morgan fingerprint density at radius 3 is 1.31 bits per heavy atom. The van der Waals surface area contributed by atoms with Crippen LogP contribution in [-0.2, 0) is 10.8 Å². The molecule has 0 amide bonds. The molecule has 12 rings (SSSR count). The molecule has 2 aliphatic heterocycles. The third-order valence-corrected chi connectivity index (χ3v) is 13.1. The predicted octanol–water partition coefficient (Wildman–Crippen LogP) is 12.9. The van der Waals surface area contributed by atoms with Crippen molar-refractivity contribution in [3.8, 4) is 45.5 Å². The lowest BCUT2D eigenvalue weighted by Crippen LogP contribution is -2.57. The second kappa shape index (κ2) is 12.8. The summed E-state index contributed by atoms with van der Waals surface area (Å²) >= 11 is 0. The van der Waals surface area contributed by atoms with E-state index in [2.05, 4.69) is 214 Å². The molecule has 0 radical (unpaired) electrons. The number of nitrogens with zero attached hydrogens (tertiary/aromatic N) is 2. The first-order valence-corrected chi connectivity index (χ1v) is 21.4. The number of para-hydroxylation sites is 3. The van der Waals surface area contributed by atoms with Gasteiger partial charge in [-0.3, -0.25) is 0 Å². The number of fused-ring (bicyclic) bond motifs is 10. The molecule has 2 aromatic heterocycles. The first-order valence-electron chi connectivity index (χ1n) is 21.4. The molecule has 294 valence electrons. The molecule has 0 spiro atoms. The molecule has 0 saturated heterocycles. The standard InChI is InChI=1S/C56H45BN2O2/c1-55(2,3)36-22-26-50-44(30-36)57-45-31-37(56(4,5)6)23-27-51(45)61-53-33-39(32-52(60-50)54(53)57)59-47-19-13-11-17-41(47)43-29-35(21-25-49(43)59)34-20-24-48-42(28-34)40-16-10-12-18-46(40)58(48)38-14-8-7-9-15-38/h7-33H,1-6H3. The predicted molar refractivity (Wildman–Crippen MR) is 256 cm³/mol. The van der Waals surface area contributed by atoms with Crippen molar-refractivity contribution in [3.05, 3.63) is 175 Å². The molecule has 61 heavy (non-hydrogen) atoms. The Bertz CT molecular complexity index is 3360. The van der Waals surface area contributed by atoms with Gasteiger partial charge in [0.25, 0.3) is 6.71 Å². The van der Waals surface area contributed by atoms with E-state index < -0.39 is 0 Å². The van der Waals surface area contributed by atoms with E-state index >= 15 is 0 Å². The normalized spacial score (nSPS) is 13.3. The Hall–Kier alpha value is -6.98. The lowest BCUT2D eigenvalue weighted by molar-refractivity contribution is 0.463. The van der Waals surface area contributed by atoms with Crippen molar-refractivity contribution in [2.24, 2.45) is 0 Å². The summed E-state index contributed by atoms with van der Waals surface area (Å²) in [6.07, 6.45) is 0. The van der Waals surface area contributed by atoms with Crippen LogP contribution in [0.4, 0.5) is 0 Å². The van der Waals surface area contributed by atoms with E-state index in [-0.39, 0.29) is 17.5 Å². The van der Waals surface area contributed by atoms with Crippen LogP contribution in [0.3, 0.4) is 0 Å². The van der Waals surface area contributed by atoms with Crippen molar-refractivity contribution in [2.75, 3.05) is 0 Å². The Balaban J connectivity index is 1.02. The molecule has 0 bridgehead atoms. The van der Waals surface area contributed by atoms with E-state index in [0.717, 1.165) is 50.9 Å². The minimum absolute atomic E-state index is 0.00478. The Kier molecular flexibility index (Phi) is 7.52. The van der Waals surface area contributed by atoms with Crippen LogP contribution in [0, 0.1) is 0 Å². The van der Waals surface area contributed by atoms with Crippen LogP contribution in [-0.4, -0.2) is 15.8 Å². The van der Waals surface area contributed by atoms with Gasteiger partial charge in [0.1, 0.15) is 23.0 Å². The zero-order valence-electron chi connectivity index (χ0n) is 35.4. The first-order chi connectivity index (χ1) is 29.5. The third kappa shape index (κ3) is 5.46. The van der Waals surface area contributed by atoms with Crippen LogP contribution in [0.5, 0.6) is 23.0 Å². The zero-order chi connectivity index (χ0) is 41.4. The van der Waals surface area contributed by atoms with Crippen molar-refractivity contribution >= 4 is 66.7 Å². The van der Waals surface area contributed by atoms with E-state index in [4.69, 9.17) is 9.47 Å². The molecular formula is C56H45BN2O2. The summed E-state index contributed by atoms with van der Waals surface area (Å²) < 4.78 is 18.6. The van der Waals surface area contributed by atoms with Gasteiger partial charge >= 0.3 is 0 Å². The first kappa shape index (κ1) is 35.9. The highest BCUT2D eigenvalue weighted by atomic mass is 16.5. The van der Waals surface area contributed by atoms with E-state index in [0.29, 0.717) is 0 Å². The third-order valence-electron chi connectivity index (χ3n) is 13.1. The summed E-state index contributed by atoms with van der Waals surface area (Å²) in [7, 11) is 0. The van der Waals surface area contributed by atoms with E-state index in [9.17, 15) is 0 Å². The minimum atomic E-state index is -0.0177. The van der Waals surface area contributed by atoms with Gasteiger partial charge in [0.05, 0.1) is 27.8 Å². The monoisotopic (exact) mass is 788 g/mol. The lowest BCUT2D eigenvalue weighted by atomic mass is 9.34. The van der Waals surface area contributed by atoms with E-state index in [1.54, 1.807) is 0 Å². The van der Waals surface area contributed by atoms with Crippen LogP contribution >= 0.6 is 0 Å². The van der Waals surface area contributed by atoms with Gasteiger partial charge in [-0.05, 0) is 105 Å². The maximum absolute atomic E-state index is 6.94. The maximum Gasteiger partial charge on any atom is 0.260 e. The van der Waals surface area contributed by atoms with Gasteiger partial charge in [-0.15, -0.1) is 0 Å². The van der Waals surface area contributed by atoms with Crippen molar-refractivity contribution in [2.45, 2.75) is 52.4 Å². The van der Waals surface area contributed by atoms with Gasteiger partial charge in [0.2, 0.25) is 0 Å². The van der Waals surface area contributed by atoms with Crippen LogP contribution in [0.2, 0.25) is 0 Å². The van der Waals surface area contributed by atoms with Crippen molar-refractivity contribution < 1.29 is 9.47 Å². The van der Waals surface area contributed by atoms with E-state index in [1.165, 1.54) is 65.8 Å². The number of hydrogen-bond acceptors (Lipinski definition) is 2. The molecule has 4 heterocycles. The van der Waals surface area contributed by atoms with Crippen molar-refractivity contribution in [1.82, 2.24) is 9.13 Å². The van der Waals surface area contributed by atoms with Gasteiger partial charge in [-0.1, -0.05) is 133 Å². The summed E-state index contributed by atoms with van der Waals surface area (Å²) in [5.74, 6) is 3.48. The molecule has 0 N–H and O–H groups in total. The van der Waals surface area contributed by atoms with Gasteiger partial charge < -0.3 is 18.6 Å². The van der Waals surface area contributed by atoms with Crippen LogP contribution in [0.15, 0.2) is 164 Å². The van der Waals surface area contributed by atoms with Crippen molar-refractivity contribution in [3.63, 3.8) is 0 Å². The fraction of sp³-hybridized carbons (Fsp3) is 0.143. The SMILES string of the molecule is CC(C)(C)c1ccc2c(c1)B1c3cc(C(C)(C)C)ccc3Oc3cc(-n4c5ccccc5c5cc(-c6ccc7c(c6)c6ccccc6n7-c6ccccc6)ccc54)cc(c31)O2. The zero-order valence-corrected chi connectivity index (χ0v) is 35.4. The maximum atomic E-state index is 6.94. The van der Waals surface area contributed by atoms with Crippen molar-refractivity contribution in [1.29, 1.82) is 0 Å². The molecule has 10 aromatic rings. The number of rotatable bonds is 3. The Morgan fingerprint density at radius 1 is 0.377 bits per heavy atom. The van der Waals surface area contributed by atoms with Gasteiger partial charge in [-0.25, -0.2) is 0 Å². The largest absolute Gasteiger partial charge is 0.458 e. The smallest absolute Gasteiger partial charge is 0.260 e. The molecule has 0 aliphatic carbocycles. The lowest BCUT2D eigenvalue weighted by Gasteiger charge is -2.35. The molecule has 2 aliphatic rings. The summed E-state index contributed by atoms with van der Waals surface area (Å²) in [6, 6.07) is 59.9. The molecule has 0 atom stereocenters. The second-order valence-corrected chi connectivity index (χ2v) is 19.0. The fourth-order valence-corrected chi connectivity index (χ4v) is 9.99. The average Bonchev–Trinajstić information content (AvgIpc) is 3.77. The van der Waals surface area contributed by atoms with Gasteiger partial charge in [0, 0.05) is 44.8 Å². The van der Waals surface area contributed by atoms with Crippen LogP contribution in [0.1, 0.15) is 52.7 Å². The highest BCUT2D eigenvalue weighted by Crippen LogP contribution is 2.42. The second-order valence-electron chi connectivity index (χ2n) is 19.0. The molecule has 0 unspecified atom stereocenters. The molecule has 0 saturated carbocycles. The van der Waals surface area contributed by atoms with Crippen LogP contribution in [0.25, 0.3) is 66.1 Å². The van der Waals surface area contributed by atoms with Gasteiger partial charge in [0.15, 0.2) is 0 Å². The average molecular weight is 789 g/mol. The number of hydrogen-bond donors (Lipinski definition) is 0. The molecule has 0 fully saturated rings. The summed E-state index contributed by atoms with van der Waals surface area (Å²) in [5, 5.41) is 4.89. The highest BCUT2D eigenvalue weighted by Gasteiger charge is 2.42. The fourth-order valence-electron chi connectivity index (χ4n) is 9.99. The molecule has 8 aromatic carbocycles. The van der Waals surface area contributed by atoms with E-state index in [1.807, 2.05) is 0 Å². The number of benzene rings is 8. The molecule has 5 heteroatoms. The van der Waals surface area contributed by atoms with Crippen LogP contribution < -0.4 is 25.9 Å². The van der Waals surface area contributed by atoms with Gasteiger partial charge in [-0.2, -0.15) is 0 Å². The minimum Gasteiger partial charge on any atom is -0.458 e. The quantitative estimate of drug-likeness (QED) is 0.167. The number of aromatic nitrogens is 2. The topological polar surface area (TPSA) is 28.3 Å². The molecular weight excluding hydrogens is 743 g/mol. The summed E-state index contributed by atoms with van der Waals surface area (Å²) in [5.41, 5.74) is 15.3. The number of ether oxygens (including phenoxy) is 2. The molecule has 4 nitrogen and oxygen atoms in total. The Labute approximate surface area is 356 Å². The Morgan fingerprint density at radius 2 is 0.820 bits per heavy atom.